The van der Waals surface area contributed by atoms with Gasteiger partial charge in [0.25, 0.3) is 11.6 Å². The molecule has 1 heterocycles. The summed E-state index contributed by atoms with van der Waals surface area (Å²) in [7, 11) is 0. The van der Waals surface area contributed by atoms with Crippen molar-refractivity contribution < 1.29 is 24.3 Å². The minimum atomic E-state index is -0.921. The fourth-order valence-corrected chi connectivity index (χ4v) is 3.18. The first kappa shape index (κ1) is 21.6. The minimum absolute atomic E-state index is 0.0107. The predicted octanol–water partition coefficient (Wildman–Crippen LogP) is 3.65. The second-order valence-corrected chi connectivity index (χ2v) is 8.54. The van der Waals surface area contributed by atoms with E-state index in [1.165, 1.54) is 6.07 Å². The summed E-state index contributed by atoms with van der Waals surface area (Å²) in [5.74, 6) is 0.238. The number of nitro groups is 1. The number of carbonyl (C=O) groups excluding carboxylic acids is 1. The van der Waals surface area contributed by atoms with Gasteiger partial charge in [0, 0.05) is 17.7 Å². The highest BCUT2D eigenvalue weighted by Gasteiger charge is 2.28. The molecule has 1 atom stereocenters. The van der Waals surface area contributed by atoms with Gasteiger partial charge in [-0.25, -0.2) is 5.43 Å². The van der Waals surface area contributed by atoms with E-state index in [0.29, 0.717) is 11.5 Å². The number of nitrogens with one attached hydrogen (secondary N) is 1. The number of hydrogen-bond donors (Lipinski definition) is 2. The Morgan fingerprint density at radius 2 is 2.07 bits per heavy atom. The number of halogens is 1. The van der Waals surface area contributed by atoms with Crippen molar-refractivity contribution in [2.75, 3.05) is 6.61 Å². The van der Waals surface area contributed by atoms with Crippen molar-refractivity contribution in [2.45, 2.75) is 32.3 Å². The van der Waals surface area contributed by atoms with E-state index in [4.69, 9.17) is 9.47 Å². The Morgan fingerprint density at radius 1 is 1.33 bits per heavy atom. The van der Waals surface area contributed by atoms with E-state index >= 15 is 0 Å². The van der Waals surface area contributed by atoms with Crippen LogP contribution < -0.4 is 14.9 Å². The third-order valence-electron chi connectivity index (χ3n) is 4.43. The number of nitrogens with zero attached hydrogens (tertiary/aromatic N) is 2. The topological polar surface area (TPSA) is 123 Å². The molecule has 10 heteroatoms. The molecule has 0 bridgehead atoms. The Bertz CT molecular complexity index is 1030. The van der Waals surface area contributed by atoms with Crippen LogP contribution >= 0.6 is 15.9 Å². The number of carbonyl (C=O) groups is 1. The molecule has 0 saturated heterocycles. The maximum atomic E-state index is 12.4. The number of phenols is 1. The molecule has 0 spiro atoms. The minimum Gasteiger partial charge on any atom is -0.506 e. The Hall–Kier alpha value is -3.14. The number of rotatable bonds is 4. The van der Waals surface area contributed by atoms with E-state index in [9.17, 15) is 20.0 Å². The maximum Gasteiger partial charge on any atom is 0.284 e. The Labute approximate surface area is 181 Å². The molecule has 158 valence electrons. The van der Waals surface area contributed by atoms with E-state index in [-0.39, 0.29) is 33.5 Å². The van der Waals surface area contributed by atoms with Crippen molar-refractivity contribution >= 4 is 33.7 Å². The zero-order chi connectivity index (χ0) is 22.1. The molecular weight excluding hydrogens is 458 g/mol. The number of benzene rings is 2. The zero-order valence-corrected chi connectivity index (χ0v) is 18.1. The number of fused-ring (bicyclic) bond motifs is 1. The lowest BCUT2D eigenvalue weighted by atomic mass is 9.87. The van der Waals surface area contributed by atoms with Crippen LogP contribution in [0.3, 0.4) is 0 Å². The molecule has 30 heavy (non-hydrogen) atoms. The molecule has 2 aromatic rings. The van der Waals surface area contributed by atoms with Crippen LogP contribution in [0.15, 0.2) is 39.9 Å². The number of nitro benzene ring substituents is 1. The second-order valence-electron chi connectivity index (χ2n) is 7.69. The van der Waals surface area contributed by atoms with E-state index < -0.39 is 16.9 Å². The van der Waals surface area contributed by atoms with Crippen LogP contribution in [0.2, 0.25) is 0 Å². The molecule has 0 unspecified atom stereocenters. The number of phenolic OH excluding ortho intramolecular Hbond substituents is 1. The number of amides is 1. The lowest BCUT2D eigenvalue weighted by Gasteiger charge is -2.27. The number of hydrazone groups is 1. The molecule has 3 rings (SSSR count). The van der Waals surface area contributed by atoms with E-state index in [1.807, 2.05) is 18.2 Å². The van der Waals surface area contributed by atoms with Gasteiger partial charge in [-0.05, 0) is 39.0 Å². The van der Waals surface area contributed by atoms with Crippen molar-refractivity contribution in [1.82, 2.24) is 5.43 Å². The van der Waals surface area contributed by atoms with E-state index in [2.05, 4.69) is 47.2 Å². The standard InChI is InChI=1S/C20H20BrN3O6/c1-20(2,3)12-4-5-15-16(7-12)30-17(10-29-15)19(26)23-22-9-11-6-13(24(27)28)8-14(21)18(11)25/h4-9,17,25H,10H2,1-3H3,(H,23,26)/b22-9+/t17-/m1/s1. The van der Waals surface area contributed by atoms with Gasteiger partial charge in [-0.3, -0.25) is 14.9 Å². The molecule has 0 aliphatic carbocycles. The maximum absolute atomic E-state index is 12.4. The monoisotopic (exact) mass is 477 g/mol. The van der Waals surface area contributed by atoms with E-state index in [1.54, 1.807) is 0 Å². The smallest absolute Gasteiger partial charge is 0.284 e. The van der Waals surface area contributed by atoms with Crippen LogP contribution in [-0.2, 0) is 10.2 Å². The van der Waals surface area contributed by atoms with Crippen LogP contribution in [0.1, 0.15) is 31.9 Å². The fraction of sp³-hybridized carbons (Fsp3) is 0.300. The summed E-state index contributed by atoms with van der Waals surface area (Å²) in [6.07, 6.45) is 0.190. The SMILES string of the molecule is CC(C)(C)c1ccc2c(c1)O[C@@H](C(=O)N/N=C/c1cc([N+](=O)[O-])cc(Br)c1O)CO2. The number of hydrogen-bond acceptors (Lipinski definition) is 7. The van der Waals surface area contributed by atoms with Crippen LogP contribution in [0.5, 0.6) is 17.2 Å². The largest absolute Gasteiger partial charge is 0.506 e. The molecule has 0 aromatic heterocycles. The molecule has 2 aromatic carbocycles. The third kappa shape index (κ3) is 4.70. The molecule has 1 amide bonds. The Balaban J connectivity index is 1.70. The third-order valence-corrected chi connectivity index (χ3v) is 5.03. The zero-order valence-electron chi connectivity index (χ0n) is 16.5. The summed E-state index contributed by atoms with van der Waals surface area (Å²) in [5, 5.41) is 24.7. The van der Waals surface area contributed by atoms with Crippen molar-refractivity contribution in [3.05, 3.63) is 56.0 Å². The summed E-state index contributed by atoms with van der Waals surface area (Å²) < 4.78 is 11.5. The van der Waals surface area contributed by atoms with Crippen LogP contribution in [0.4, 0.5) is 5.69 Å². The Morgan fingerprint density at radius 3 is 2.73 bits per heavy atom. The Kier molecular flexibility index (Phi) is 5.97. The normalized spacial score (nSPS) is 15.8. The van der Waals surface area contributed by atoms with Crippen molar-refractivity contribution in [3.8, 4) is 17.2 Å². The molecule has 0 radical (unpaired) electrons. The molecule has 9 nitrogen and oxygen atoms in total. The quantitative estimate of drug-likeness (QED) is 0.393. The number of non-ortho nitro benzene ring substituents is 1. The lowest BCUT2D eigenvalue weighted by molar-refractivity contribution is -0.385. The van der Waals surface area contributed by atoms with Gasteiger partial charge in [0.15, 0.2) is 11.5 Å². The van der Waals surface area contributed by atoms with Gasteiger partial charge in [0.2, 0.25) is 6.10 Å². The molecular formula is C20H20BrN3O6. The molecule has 0 saturated carbocycles. The first-order valence-electron chi connectivity index (χ1n) is 9.00. The molecule has 1 aliphatic rings. The van der Waals surface area contributed by atoms with E-state index in [0.717, 1.165) is 17.8 Å². The van der Waals surface area contributed by atoms with Gasteiger partial charge < -0.3 is 14.6 Å². The number of aromatic hydroxyl groups is 1. The fourth-order valence-electron chi connectivity index (χ4n) is 2.71. The summed E-state index contributed by atoms with van der Waals surface area (Å²) in [4.78, 5) is 22.7. The van der Waals surface area contributed by atoms with Crippen LogP contribution in [-0.4, -0.2) is 34.9 Å². The predicted molar refractivity (Wildman–Crippen MR) is 113 cm³/mol. The van der Waals surface area contributed by atoms with Gasteiger partial charge in [-0.15, -0.1) is 0 Å². The molecule has 0 fully saturated rings. The summed E-state index contributed by atoms with van der Waals surface area (Å²) >= 11 is 3.04. The first-order chi connectivity index (χ1) is 14.1. The van der Waals surface area contributed by atoms with Crippen molar-refractivity contribution in [2.24, 2.45) is 5.10 Å². The van der Waals surface area contributed by atoms with Gasteiger partial charge in [-0.1, -0.05) is 26.8 Å². The molecule has 2 N–H and O–H groups in total. The summed E-state index contributed by atoms with van der Waals surface area (Å²) in [5.41, 5.74) is 3.08. The van der Waals surface area contributed by atoms with Gasteiger partial charge in [-0.2, -0.15) is 5.10 Å². The van der Waals surface area contributed by atoms with Crippen LogP contribution in [0, 0.1) is 10.1 Å². The number of ether oxygens (including phenoxy) is 2. The summed E-state index contributed by atoms with van der Waals surface area (Å²) in [6, 6.07) is 7.92. The average molecular weight is 478 g/mol. The average Bonchev–Trinajstić information content (AvgIpc) is 2.69. The van der Waals surface area contributed by atoms with Gasteiger partial charge in [0.05, 0.1) is 15.6 Å². The highest BCUT2D eigenvalue weighted by Crippen LogP contribution is 2.36. The van der Waals surface area contributed by atoms with Gasteiger partial charge >= 0.3 is 0 Å². The summed E-state index contributed by atoms with van der Waals surface area (Å²) in [6.45, 7) is 6.22. The van der Waals surface area contributed by atoms with Crippen LogP contribution in [0.25, 0.3) is 0 Å². The first-order valence-corrected chi connectivity index (χ1v) is 9.79. The highest BCUT2D eigenvalue weighted by molar-refractivity contribution is 9.10. The molecule has 1 aliphatic heterocycles. The van der Waals surface area contributed by atoms with Crippen molar-refractivity contribution in [3.63, 3.8) is 0 Å². The van der Waals surface area contributed by atoms with Gasteiger partial charge in [0.1, 0.15) is 12.4 Å². The van der Waals surface area contributed by atoms with Crippen molar-refractivity contribution in [1.29, 1.82) is 0 Å². The second kappa shape index (κ2) is 8.31. The highest BCUT2D eigenvalue weighted by atomic mass is 79.9. The lowest BCUT2D eigenvalue weighted by Crippen LogP contribution is -2.42.